The fraction of sp³-hybridized carbons (Fsp3) is 0.533. The van der Waals surface area contributed by atoms with Gasteiger partial charge >= 0.3 is 22.6 Å². The highest BCUT2D eigenvalue weighted by Crippen LogP contribution is 2.52. The third-order valence-electron chi connectivity index (χ3n) is 9.43. The Morgan fingerprint density at radius 3 is 1.40 bits per heavy atom. The van der Waals surface area contributed by atoms with Crippen LogP contribution in [0, 0.1) is 0 Å². The minimum atomic E-state index is -4.67. The van der Waals surface area contributed by atoms with Crippen LogP contribution in [-0.4, -0.2) is 107 Å². The number of likely N-dealkylation sites (N-methyl/N-ethyl adjacent to an activating group) is 4. The Morgan fingerprint density at radius 2 is 1.09 bits per heavy atom. The van der Waals surface area contributed by atoms with Gasteiger partial charge in [0.05, 0.1) is 12.3 Å². The third-order valence-corrected chi connectivity index (χ3v) is 9.43. The maximum absolute atomic E-state index is 11.4. The maximum Gasteiger partial charge on any atom is 0.412 e. The van der Waals surface area contributed by atoms with Gasteiger partial charge in [-0.1, -0.05) is 13.8 Å². The molecular weight excluding hydrogens is 604 g/mol. The highest BCUT2D eigenvalue weighted by molar-refractivity contribution is 7.79. The lowest BCUT2D eigenvalue weighted by Crippen LogP contribution is -2.45. The predicted molar refractivity (Wildman–Crippen MR) is 171 cm³/mol. The van der Waals surface area contributed by atoms with Crippen LogP contribution in [0.2, 0.25) is 0 Å². The van der Waals surface area contributed by atoms with Gasteiger partial charge in [0.15, 0.2) is 0 Å². The smallest absolute Gasteiger partial charge is 0.410 e. The lowest BCUT2D eigenvalue weighted by Gasteiger charge is -2.32. The number of hydrogen-bond donors (Lipinski definition) is 4. The normalized spacial score (nSPS) is 26.4. The van der Waals surface area contributed by atoms with Crippen LogP contribution in [0.4, 0.5) is 21.0 Å². The van der Waals surface area contributed by atoms with Crippen molar-refractivity contribution in [2.75, 3.05) is 65.2 Å². The molecule has 248 valence electrons. The van der Waals surface area contributed by atoms with Gasteiger partial charge in [0, 0.05) is 63.5 Å². The Hall–Kier alpha value is -3.63. The second-order valence-electron chi connectivity index (χ2n) is 12.4. The number of nitrogens with one attached hydrogen (secondary N) is 2. The van der Waals surface area contributed by atoms with Gasteiger partial charge < -0.3 is 29.9 Å². The first-order chi connectivity index (χ1) is 20.9. The van der Waals surface area contributed by atoms with Crippen molar-refractivity contribution in [1.29, 1.82) is 0 Å². The lowest BCUT2D eigenvalue weighted by atomic mass is 9.81. The number of carbonyl (C=O) groups is 2. The molecule has 45 heavy (non-hydrogen) atoms. The topological polar surface area (TPSA) is 164 Å². The summed E-state index contributed by atoms with van der Waals surface area (Å²) >= 11 is 0. The number of anilines is 2. The summed E-state index contributed by atoms with van der Waals surface area (Å²) in [7, 11) is 7.06. The van der Waals surface area contributed by atoms with Crippen LogP contribution in [-0.2, 0) is 21.2 Å². The minimum absolute atomic E-state index is 0.0981. The van der Waals surface area contributed by atoms with Crippen molar-refractivity contribution in [3.8, 4) is 11.5 Å². The number of likely N-dealkylation sites (tertiary alicyclic amines) is 2. The molecule has 2 amide bonds. The van der Waals surface area contributed by atoms with Crippen molar-refractivity contribution in [3.05, 3.63) is 47.5 Å². The van der Waals surface area contributed by atoms with Crippen LogP contribution in [0.5, 0.6) is 11.5 Å². The molecule has 0 spiro atoms. The van der Waals surface area contributed by atoms with Gasteiger partial charge in [-0.2, -0.15) is 8.42 Å². The van der Waals surface area contributed by atoms with Crippen molar-refractivity contribution in [1.82, 2.24) is 20.4 Å². The monoisotopic (exact) mass is 648 g/mol. The van der Waals surface area contributed by atoms with E-state index in [-0.39, 0.29) is 10.8 Å². The van der Waals surface area contributed by atoms with Crippen LogP contribution >= 0.6 is 0 Å². The van der Waals surface area contributed by atoms with Crippen LogP contribution in [0.25, 0.3) is 0 Å². The Kier molecular flexibility index (Phi) is 9.62. The average Bonchev–Trinajstić information content (AvgIpc) is 3.60. The molecule has 2 aromatic rings. The van der Waals surface area contributed by atoms with E-state index in [2.05, 4.69) is 72.3 Å². The van der Waals surface area contributed by atoms with Gasteiger partial charge in [-0.05, 0) is 74.5 Å². The Balaban J connectivity index is 0.000000179. The molecule has 0 aliphatic carbocycles. The van der Waals surface area contributed by atoms with Gasteiger partial charge in [-0.15, -0.1) is 0 Å². The van der Waals surface area contributed by atoms with Crippen LogP contribution in [0.3, 0.4) is 0 Å². The molecule has 4 atom stereocenters. The zero-order valence-corrected chi connectivity index (χ0v) is 27.8. The zero-order chi connectivity index (χ0) is 33.5. The van der Waals surface area contributed by atoms with E-state index in [4.69, 9.17) is 27.0 Å². The van der Waals surface area contributed by atoms with E-state index in [1.165, 1.54) is 22.5 Å². The van der Waals surface area contributed by atoms with E-state index in [1.54, 1.807) is 14.1 Å². The molecular formula is C30H44N6O8S. The molecule has 0 aromatic heterocycles. The van der Waals surface area contributed by atoms with E-state index in [9.17, 15) is 9.59 Å². The number of amides is 2. The van der Waals surface area contributed by atoms with E-state index < -0.39 is 22.6 Å². The van der Waals surface area contributed by atoms with Crippen molar-refractivity contribution in [2.45, 2.75) is 49.9 Å². The van der Waals surface area contributed by atoms with E-state index in [0.29, 0.717) is 23.8 Å². The molecule has 2 fully saturated rings. The van der Waals surface area contributed by atoms with Gasteiger partial charge in [-0.25, -0.2) is 9.59 Å². The highest BCUT2D eigenvalue weighted by Gasteiger charge is 2.53. The Morgan fingerprint density at radius 1 is 0.756 bits per heavy atom. The highest BCUT2D eigenvalue weighted by atomic mass is 32.3. The fourth-order valence-electron chi connectivity index (χ4n) is 7.55. The number of ether oxygens (including phenoxy) is 2. The summed E-state index contributed by atoms with van der Waals surface area (Å²) in [6, 6.07) is 11.8. The molecule has 2 aromatic carbocycles. The maximum atomic E-state index is 11.4. The number of fused-ring (bicyclic) bond motifs is 6. The number of rotatable bonds is 2. The van der Waals surface area contributed by atoms with Gasteiger partial charge in [-0.3, -0.25) is 18.9 Å². The van der Waals surface area contributed by atoms with Crippen LogP contribution in [0.15, 0.2) is 36.4 Å². The van der Waals surface area contributed by atoms with E-state index in [1.807, 2.05) is 36.4 Å². The summed E-state index contributed by atoms with van der Waals surface area (Å²) in [6.07, 6.45) is 2.15. The SMILES string of the molecule is CNC(=O)Oc1ccc2c(c1)[C@]1(C)CCN(C)C1N2C.CNC(=O)Oc1ccc2c(c1)[C@]1(C)CCN(C)C1N2C.O=S(=O)(O)O. The third kappa shape index (κ3) is 6.67. The average molecular weight is 649 g/mol. The largest absolute Gasteiger partial charge is 0.412 e. The molecule has 2 unspecified atom stereocenters. The lowest BCUT2D eigenvalue weighted by molar-refractivity contribution is 0.202. The number of benzene rings is 2. The molecule has 6 rings (SSSR count). The molecule has 15 heteroatoms. The summed E-state index contributed by atoms with van der Waals surface area (Å²) in [5.41, 5.74) is 5.20. The first-order valence-corrected chi connectivity index (χ1v) is 16.0. The molecule has 2 saturated heterocycles. The summed E-state index contributed by atoms with van der Waals surface area (Å²) in [4.78, 5) is 32.1. The number of carbonyl (C=O) groups excluding carboxylic acids is 2. The summed E-state index contributed by atoms with van der Waals surface area (Å²) in [6.45, 7) is 6.78. The fourth-order valence-corrected chi connectivity index (χ4v) is 7.55. The van der Waals surface area contributed by atoms with Gasteiger partial charge in [0.2, 0.25) is 0 Å². The molecule has 0 radical (unpaired) electrons. The molecule has 14 nitrogen and oxygen atoms in total. The van der Waals surface area contributed by atoms with E-state index >= 15 is 0 Å². The van der Waals surface area contributed by atoms with Gasteiger partial charge in [0.1, 0.15) is 11.5 Å². The molecule has 4 aliphatic rings. The van der Waals surface area contributed by atoms with Gasteiger partial charge in [0.25, 0.3) is 0 Å². The molecule has 4 N–H and O–H groups in total. The molecule has 4 heterocycles. The summed E-state index contributed by atoms with van der Waals surface area (Å²) in [5.74, 6) is 1.21. The summed E-state index contributed by atoms with van der Waals surface area (Å²) in [5, 5.41) is 4.95. The molecule has 0 saturated carbocycles. The standard InChI is InChI=1S/2C15H21N3O2.H2O4S/c2*1-15-7-8-17(3)13(15)18(4)12-6-5-10(9-11(12)15)20-14(19)16-2;1-5(2,3)4/h2*5-6,9,13H,7-8H2,1-4H3,(H,16,19);(H2,1,2,3,4)/t2*13?,15-;/m00./s1. The minimum Gasteiger partial charge on any atom is -0.410 e. The van der Waals surface area contributed by atoms with Crippen LogP contribution in [0.1, 0.15) is 37.8 Å². The van der Waals surface area contributed by atoms with Crippen LogP contribution < -0.4 is 29.9 Å². The summed E-state index contributed by atoms with van der Waals surface area (Å²) < 4.78 is 42.1. The Labute approximate surface area is 264 Å². The number of nitrogens with zero attached hydrogens (tertiary/aromatic N) is 4. The van der Waals surface area contributed by atoms with E-state index in [0.717, 1.165) is 25.9 Å². The first-order valence-electron chi connectivity index (χ1n) is 14.6. The second kappa shape index (κ2) is 12.6. The predicted octanol–water partition coefficient (Wildman–Crippen LogP) is 2.90. The quantitative estimate of drug-likeness (QED) is 0.353. The zero-order valence-electron chi connectivity index (χ0n) is 27.0. The Bertz CT molecular complexity index is 1450. The van der Waals surface area contributed by atoms with Crippen molar-refractivity contribution >= 4 is 34.0 Å². The molecule has 4 aliphatic heterocycles. The second-order valence-corrected chi connectivity index (χ2v) is 13.2. The van der Waals surface area contributed by atoms with Crippen molar-refractivity contribution < 1.29 is 36.6 Å². The number of hydrogen-bond acceptors (Lipinski definition) is 10. The first kappa shape index (κ1) is 34.2. The van der Waals surface area contributed by atoms with Crippen molar-refractivity contribution in [3.63, 3.8) is 0 Å². The van der Waals surface area contributed by atoms with Crippen molar-refractivity contribution in [2.24, 2.45) is 0 Å². The molecule has 0 bridgehead atoms.